The van der Waals surface area contributed by atoms with E-state index in [0.29, 0.717) is 16.7 Å². The lowest BCUT2D eigenvalue weighted by molar-refractivity contribution is 0.112. The molecule has 0 aliphatic heterocycles. The van der Waals surface area contributed by atoms with Crippen LogP contribution in [0.1, 0.15) is 27.7 Å². The number of rotatable bonds is 3. The van der Waals surface area contributed by atoms with Gasteiger partial charge in [-0.25, -0.2) is 4.39 Å². The van der Waals surface area contributed by atoms with Crippen LogP contribution in [0.2, 0.25) is 0 Å². The highest BCUT2D eigenvalue weighted by atomic mass is 19.1. The third-order valence-electron chi connectivity index (χ3n) is 2.46. The first-order chi connectivity index (χ1) is 7.81. The van der Waals surface area contributed by atoms with Crippen molar-refractivity contribution < 1.29 is 9.18 Å². The van der Waals surface area contributed by atoms with Crippen LogP contribution in [0.5, 0.6) is 0 Å². The molecule has 0 aliphatic rings. The van der Waals surface area contributed by atoms with Crippen LogP contribution in [-0.2, 0) is 0 Å². The van der Waals surface area contributed by atoms with Crippen molar-refractivity contribution in [1.82, 2.24) is 0 Å². The summed E-state index contributed by atoms with van der Waals surface area (Å²) in [6.07, 6.45) is -0.388. The molecule has 0 aliphatic carbocycles. The van der Waals surface area contributed by atoms with E-state index in [1.807, 2.05) is 18.2 Å². The van der Waals surface area contributed by atoms with E-state index in [4.69, 9.17) is 0 Å². The highest BCUT2D eigenvalue weighted by Gasteiger charge is 2.11. The van der Waals surface area contributed by atoms with Crippen LogP contribution in [0.3, 0.4) is 0 Å². The van der Waals surface area contributed by atoms with Gasteiger partial charge in [0.25, 0.3) is 0 Å². The minimum Gasteiger partial charge on any atom is -0.298 e. The molecule has 0 aromatic heterocycles. The van der Waals surface area contributed by atoms with Crippen LogP contribution in [0, 0.1) is 0 Å². The molecular formula is C14H11FO. The van der Waals surface area contributed by atoms with Crippen molar-refractivity contribution in [3.63, 3.8) is 0 Å². The molecule has 16 heavy (non-hydrogen) atoms. The topological polar surface area (TPSA) is 17.1 Å². The van der Waals surface area contributed by atoms with Crippen molar-refractivity contribution in [3.8, 4) is 0 Å². The van der Waals surface area contributed by atoms with Crippen LogP contribution < -0.4 is 0 Å². The molecule has 0 heterocycles. The number of carbonyl (C=O) groups is 1. The smallest absolute Gasteiger partial charge is 0.150 e. The zero-order chi connectivity index (χ0) is 11.4. The molecule has 0 spiro atoms. The summed E-state index contributed by atoms with van der Waals surface area (Å²) in [5.74, 6) is 0. The minimum absolute atomic E-state index is 0.559. The lowest BCUT2D eigenvalue weighted by atomic mass is 10.0. The summed E-state index contributed by atoms with van der Waals surface area (Å²) in [5.41, 5.74) is 1.75. The van der Waals surface area contributed by atoms with Gasteiger partial charge in [0, 0.05) is 5.56 Å². The van der Waals surface area contributed by atoms with Crippen molar-refractivity contribution in [1.29, 1.82) is 0 Å². The number of alkyl halides is 1. The standard InChI is InChI=1S/C14H11FO/c15-14(12-4-2-1-3-5-12)13-8-6-11(10-16)7-9-13/h1-10,14H. The summed E-state index contributed by atoms with van der Waals surface area (Å²) in [6, 6.07) is 15.5. The fraction of sp³-hybridized carbons (Fsp3) is 0.0714. The van der Waals surface area contributed by atoms with Crippen molar-refractivity contribution in [2.24, 2.45) is 0 Å². The monoisotopic (exact) mass is 214 g/mol. The Morgan fingerprint density at radius 3 is 2.00 bits per heavy atom. The molecule has 0 saturated heterocycles. The normalized spacial score (nSPS) is 12.1. The van der Waals surface area contributed by atoms with Gasteiger partial charge in [-0.2, -0.15) is 0 Å². The molecule has 0 radical (unpaired) electrons. The van der Waals surface area contributed by atoms with Gasteiger partial charge in [0.1, 0.15) is 6.29 Å². The summed E-state index contributed by atoms with van der Waals surface area (Å²) in [7, 11) is 0. The number of aldehydes is 1. The number of halogens is 1. The van der Waals surface area contributed by atoms with E-state index in [-0.39, 0.29) is 0 Å². The van der Waals surface area contributed by atoms with Crippen LogP contribution in [-0.4, -0.2) is 6.29 Å². The molecule has 0 N–H and O–H groups in total. The van der Waals surface area contributed by atoms with Crippen molar-refractivity contribution in [3.05, 3.63) is 71.3 Å². The van der Waals surface area contributed by atoms with Gasteiger partial charge in [-0.3, -0.25) is 4.79 Å². The van der Waals surface area contributed by atoms with E-state index < -0.39 is 6.17 Å². The average molecular weight is 214 g/mol. The van der Waals surface area contributed by atoms with E-state index >= 15 is 0 Å². The molecule has 2 heteroatoms. The zero-order valence-electron chi connectivity index (χ0n) is 8.64. The molecule has 0 fully saturated rings. The van der Waals surface area contributed by atoms with E-state index in [1.165, 1.54) is 0 Å². The van der Waals surface area contributed by atoms with Gasteiger partial charge < -0.3 is 0 Å². The van der Waals surface area contributed by atoms with Gasteiger partial charge in [0.15, 0.2) is 6.17 Å². The number of hydrogen-bond acceptors (Lipinski definition) is 1. The molecule has 80 valence electrons. The maximum absolute atomic E-state index is 14.0. The number of carbonyl (C=O) groups excluding carboxylic acids is 1. The second-order valence-corrected chi connectivity index (χ2v) is 3.56. The predicted octanol–water partition coefficient (Wildman–Crippen LogP) is 3.56. The third-order valence-corrected chi connectivity index (χ3v) is 2.46. The SMILES string of the molecule is O=Cc1ccc(C(F)c2ccccc2)cc1. The Morgan fingerprint density at radius 2 is 1.44 bits per heavy atom. The van der Waals surface area contributed by atoms with Gasteiger partial charge in [-0.1, -0.05) is 54.6 Å². The summed E-state index contributed by atoms with van der Waals surface area (Å²) in [5, 5.41) is 0. The van der Waals surface area contributed by atoms with Crippen molar-refractivity contribution in [2.45, 2.75) is 6.17 Å². The lowest BCUT2D eigenvalue weighted by Gasteiger charge is -2.08. The maximum Gasteiger partial charge on any atom is 0.150 e. The van der Waals surface area contributed by atoms with Gasteiger partial charge in [0.2, 0.25) is 0 Å². The highest BCUT2D eigenvalue weighted by Crippen LogP contribution is 2.25. The van der Waals surface area contributed by atoms with Gasteiger partial charge in [0.05, 0.1) is 0 Å². The van der Waals surface area contributed by atoms with E-state index in [9.17, 15) is 9.18 Å². The summed E-state index contributed by atoms with van der Waals surface area (Å²) in [6.45, 7) is 0. The van der Waals surface area contributed by atoms with Gasteiger partial charge in [-0.05, 0) is 11.1 Å². The molecule has 2 rings (SSSR count). The minimum atomic E-state index is -1.14. The average Bonchev–Trinajstić information content (AvgIpc) is 2.39. The Balaban J connectivity index is 2.27. The van der Waals surface area contributed by atoms with Crippen LogP contribution in [0.25, 0.3) is 0 Å². The Morgan fingerprint density at radius 1 is 0.875 bits per heavy atom. The fourth-order valence-electron chi connectivity index (χ4n) is 1.56. The van der Waals surface area contributed by atoms with E-state index in [1.54, 1.807) is 36.4 Å². The summed E-state index contributed by atoms with van der Waals surface area (Å²) < 4.78 is 14.0. The fourth-order valence-corrected chi connectivity index (χ4v) is 1.56. The van der Waals surface area contributed by atoms with Crippen molar-refractivity contribution in [2.75, 3.05) is 0 Å². The molecule has 2 aromatic rings. The molecule has 1 unspecified atom stereocenters. The first kappa shape index (κ1) is 10.6. The van der Waals surface area contributed by atoms with Crippen LogP contribution in [0.4, 0.5) is 4.39 Å². The highest BCUT2D eigenvalue weighted by molar-refractivity contribution is 5.74. The largest absolute Gasteiger partial charge is 0.298 e. The molecule has 2 aromatic carbocycles. The molecule has 0 bridgehead atoms. The molecule has 1 nitrogen and oxygen atoms in total. The van der Waals surface area contributed by atoms with Gasteiger partial charge in [-0.15, -0.1) is 0 Å². The first-order valence-electron chi connectivity index (χ1n) is 5.05. The van der Waals surface area contributed by atoms with Gasteiger partial charge >= 0.3 is 0 Å². The Kier molecular flexibility index (Phi) is 3.10. The second-order valence-electron chi connectivity index (χ2n) is 3.56. The number of hydrogen-bond donors (Lipinski definition) is 0. The molecule has 1 atom stereocenters. The van der Waals surface area contributed by atoms with E-state index in [0.717, 1.165) is 6.29 Å². The van der Waals surface area contributed by atoms with Crippen LogP contribution in [0.15, 0.2) is 54.6 Å². The summed E-state index contributed by atoms with van der Waals surface area (Å²) in [4.78, 5) is 10.5. The predicted molar refractivity (Wildman–Crippen MR) is 61.2 cm³/mol. The quantitative estimate of drug-likeness (QED) is 0.714. The molecular weight excluding hydrogens is 203 g/mol. The number of benzene rings is 2. The third kappa shape index (κ3) is 2.16. The van der Waals surface area contributed by atoms with E-state index in [2.05, 4.69) is 0 Å². The Bertz CT molecular complexity index is 462. The molecule has 0 saturated carbocycles. The lowest BCUT2D eigenvalue weighted by Crippen LogP contribution is -1.94. The Labute approximate surface area is 93.5 Å². The Hall–Kier alpha value is -1.96. The zero-order valence-corrected chi connectivity index (χ0v) is 8.64. The molecule has 0 amide bonds. The maximum atomic E-state index is 14.0. The summed E-state index contributed by atoms with van der Waals surface area (Å²) >= 11 is 0. The second kappa shape index (κ2) is 4.71. The first-order valence-corrected chi connectivity index (χ1v) is 5.05. The van der Waals surface area contributed by atoms with Crippen molar-refractivity contribution >= 4 is 6.29 Å². The van der Waals surface area contributed by atoms with Crippen LogP contribution >= 0.6 is 0 Å².